The Labute approximate surface area is 171 Å². The minimum absolute atomic E-state index is 0.126. The van der Waals surface area contributed by atoms with Crippen LogP contribution >= 0.6 is 0 Å². The molecule has 4 heteroatoms. The van der Waals surface area contributed by atoms with Gasteiger partial charge >= 0.3 is 0 Å². The molecule has 1 atom stereocenters. The molecule has 2 heterocycles. The number of carbonyl (C=O) groups is 1. The molecule has 1 unspecified atom stereocenters. The molecule has 0 radical (unpaired) electrons. The lowest BCUT2D eigenvalue weighted by atomic mass is 9.86. The quantitative estimate of drug-likeness (QED) is 0.565. The highest BCUT2D eigenvalue weighted by atomic mass is 19.1. The van der Waals surface area contributed by atoms with E-state index in [4.69, 9.17) is 0 Å². The number of hydrogen-bond acceptors (Lipinski definition) is 3. The van der Waals surface area contributed by atoms with Crippen LogP contribution < -0.4 is 0 Å². The Hall–Kier alpha value is -2.59. The summed E-state index contributed by atoms with van der Waals surface area (Å²) < 4.78 is 15.3. The van der Waals surface area contributed by atoms with E-state index in [1.54, 1.807) is 0 Å². The maximum Gasteiger partial charge on any atom is 0.136 e. The highest BCUT2D eigenvalue weighted by Gasteiger charge is 2.35. The van der Waals surface area contributed by atoms with Crippen molar-refractivity contribution in [3.63, 3.8) is 0 Å². The summed E-state index contributed by atoms with van der Waals surface area (Å²) in [6, 6.07) is 16.4. The van der Waals surface area contributed by atoms with Gasteiger partial charge in [0.1, 0.15) is 12.0 Å². The van der Waals surface area contributed by atoms with Gasteiger partial charge in [0.15, 0.2) is 0 Å². The zero-order chi connectivity index (χ0) is 20.4. The summed E-state index contributed by atoms with van der Waals surface area (Å²) in [5.41, 5.74) is 4.30. The summed E-state index contributed by atoms with van der Waals surface area (Å²) in [5.74, 6) is 0. The molecule has 1 aromatic heterocycles. The van der Waals surface area contributed by atoms with Gasteiger partial charge in [-0.15, -0.1) is 0 Å². The number of benzene rings is 2. The van der Waals surface area contributed by atoms with Crippen molar-refractivity contribution in [2.75, 3.05) is 13.1 Å². The maximum atomic E-state index is 15.3. The van der Waals surface area contributed by atoms with E-state index >= 15 is 4.39 Å². The largest absolute Gasteiger partial charge is 0.302 e. The molecule has 0 spiro atoms. The molecule has 4 rings (SSSR count). The number of rotatable bonds is 5. The first kappa shape index (κ1) is 19.7. The van der Waals surface area contributed by atoms with Crippen LogP contribution in [0.5, 0.6) is 0 Å². The predicted octanol–water partition coefficient (Wildman–Crippen LogP) is 5.14. The van der Waals surface area contributed by atoms with Gasteiger partial charge in [0.05, 0.1) is 11.6 Å². The number of alkyl halides is 1. The van der Waals surface area contributed by atoms with Crippen molar-refractivity contribution in [2.45, 2.75) is 44.8 Å². The third-order valence-electron chi connectivity index (χ3n) is 6.28. The Kier molecular flexibility index (Phi) is 5.46. The van der Waals surface area contributed by atoms with Crippen molar-refractivity contribution in [2.24, 2.45) is 0 Å². The third kappa shape index (κ3) is 4.08. The highest BCUT2D eigenvalue weighted by Crippen LogP contribution is 2.33. The standard InChI is InChI=1S/C25H27FN2O/c1-18(17-29)28-14-11-25(26,12-15-28)16-20-5-7-21(8-6-20)23-10-9-22-4-3-13-27-24(22)19(23)2/h3-10,13,17-18H,11-12,14-16H2,1-2H3. The van der Waals surface area contributed by atoms with Crippen molar-refractivity contribution < 1.29 is 9.18 Å². The second kappa shape index (κ2) is 8.03. The van der Waals surface area contributed by atoms with Gasteiger partial charge < -0.3 is 4.79 Å². The van der Waals surface area contributed by atoms with Crippen LogP contribution in [-0.2, 0) is 11.2 Å². The number of aryl methyl sites for hydroxylation is 1. The lowest BCUT2D eigenvalue weighted by Crippen LogP contribution is -2.46. The summed E-state index contributed by atoms with van der Waals surface area (Å²) in [6.07, 6.45) is 4.14. The number of likely N-dealkylation sites (tertiary alicyclic amines) is 1. The van der Waals surface area contributed by atoms with E-state index in [2.05, 4.69) is 47.1 Å². The average molecular weight is 391 g/mol. The second-order valence-corrected chi connectivity index (χ2v) is 8.25. The molecule has 3 nitrogen and oxygen atoms in total. The van der Waals surface area contributed by atoms with Crippen LogP contribution in [0.1, 0.15) is 30.9 Å². The Balaban J connectivity index is 1.49. The van der Waals surface area contributed by atoms with Crippen LogP contribution in [0, 0.1) is 6.92 Å². The van der Waals surface area contributed by atoms with Crippen LogP contribution in [0.4, 0.5) is 4.39 Å². The van der Waals surface area contributed by atoms with Gasteiger partial charge in [-0.05, 0) is 55.0 Å². The lowest BCUT2D eigenvalue weighted by molar-refractivity contribution is -0.113. The molecule has 0 amide bonds. The molecular formula is C25H27FN2O. The molecule has 0 bridgehead atoms. The number of aldehydes is 1. The SMILES string of the molecule is Cc1c(-c2ccc(CC3(F)CCN(C(C)C=O)CC3)cc2)ccc2cccnc12. The van der Waals surface area contributed by atoms with Gasteiger partial charge in [-0.3, -0.25) is 9.88 Å². The Morgan fingerprint density at radius 1 is 1.14 bits per heavy atom. The van der Waals surface area contributed by atoms with Gasteiger partial charge in [-0.25, -0.2) is 4.39 Å². The summed E-state index contributed by atoms with van der Waals surface area (Å²) >= 11 is 0. The fourth-order valence-corrected chi connectivity index (χ4v) is 4.37. The maximum absolute atomic E-state index is 15.3. The minimum atomic E-state index is -1.19. The molecule has 1 aliphatic heterocycles. The van der Waals surface area contributed by atoms with Crippen LogP contribution in [0.25, 0.3) is 22.0 Å². The van der Waals surface area contributed by atoms with E-state index in [1.807, 2.05) is 31.3 Å². The van der Waals surface area contributed by atoms with Crippen molar-refractivity contribution in [1.82, 2.24) is 9.88 Å². The first-order chi connectivity index (χ1) is 14.0. The number of aromatic nitrogens is 1. The van der Waals surface area contributed by atoms with Crippen molar-refractivity contribution in [3.05, 3.63) is 65.9 Å². The number of nitrogens with zero attached hydrogens (tertiary/aromatic N) is 2. The van der Waals surface area contributed by atoms with Gasteiger partial charge in [-0.1, -0.05) is 42.5 Å². The zero-order valence-electron chi connectivity index (χ0n) is 17.1. The summed E-state index contributed by atoms with van der Waals surface area (Å²) in [7, 11) is 0. The second-order valence-electron chi connectivity index (χ2n) is 8.25. The fourth-order valence-electron chi connectivity index (χ4n) is 4.37. The number of pyridine rings is 1. The topological polar surface area (TPSA) is 33.2 Å². The van der Waals surface area contributed by atoms with Crippen molar-refractivity contribution >= 4 is 17.2 Å². The van der Waals surface area contributed by atoms with Gasteiger partial charge in [0.25, 0.3) is 0 Å². The lowest BCUT2D eigenvalue weighted by Gasteiger charge is -2.38. The summed E-state index contributed by atoms with van der Waals surface area (Å²) in [5, 5.41) is 1.14. The first-order valence-corrected chi connectivity index (χ1v) is 10.3. The van der Waals surface area contributed by atoms with Gasteiger partial charge in [-0.2, -0.15) is 0 Å². The number of halogens is 1. The average Bonchev–Trinajstić information content (AvgIpc) is 2.75. The molecule has 0 N–H and O–H groups in total. The van der Waals surface area contributed by atoms with Gasteiger partial charge in [0.2, 0.25) is 0 Å². The first-order valence-electron chi connectivity index (χ1n) is 10.3. The molecule has 29 heavy (non-hydrogen) atoms. The number of fused-ring (bicyclic) bond motifs is 1. The van der Waals surface area contributed by atoms with E-state index < -0.39 is 5.67 Å². The van der Waals surface area contributed by atoms with Crippen LogP contribution in [0.3, 0.4) is 0 Å². The highest BCUT2D eigenvalue weighted by molar-refractivity contribution is 5.88. The third-order valence-corrected chi connectivity index (χ3v) is 6.28. The van der Waals surface area contributed by atoms with Crippen molar-refractivity contribution in [1.29, 1.82) is 0 Å². The Bertz CT molecular complexity index is 1010. The van der Waals surface area contributed by atoms with E-state index in [0.717, 1.165) is 39.4 Å². The smallest absolute Gasteiger partial charge is 0.136 e. The van der Waals surface area contributed by atoms with Crippen LogP contribution in [0.2, 0.25) is 0 Å². The monoisotopic (exact) mass is 390 g/mol. The van der Waals surface area contributed by atoms with Crippen molar-refractivity contribution in [3.8, 4) is 11.1 Å². The zero-order valence-corrected chi connectivity index (χ0v) is 17.1. The number of piperidine rings is 1. The van der Waals surface area contributed by atoms with Crippen LogP contribution in [-0.4, -0.2) is 41.0 Å². The molecule has 2 aromatic carbocycles. The number of hydrogen-bond donors (Lipinski definition) is 0. The molecule has 1 saturated heterocycles. The normalized spacial score (nSPS) is 17.9. The predicted molar refractivity (Wildman–Crippen MR) is 116 cm³/mol. The Morgan fingerprint density at radius 3 is 2.55 bits per heavy atom. The summed E-state index contributed by atoms with van der Waals surface area (Å²) in [6.45, 7) is 5.25. The molecular weight excluding hydrogens is 363 g/mol. The minimum Gasteiger partial charge on any atom is -0.302 e. The van der Waals surface area contributed by atoms with E-state index in [9.17, 15) is 4.79 Å². The van der Waals surface area contributed by atoms with E-state index in [-0.39, 0.29) is 6.04 Å². The molecule has 0 saturated carbocycles. The fraction of sp³-hybridized carbons (Fsp3) is 0.360. The van der Waals surface area contributed by atoms with E-state index in [1.165, 1.54) is 0 Å². The van der Waals surface area contributed by atoms with Crippen LogP contribution in [0.15, 0.2) is 54.7 Å². The molecule has 0 aliphatic carbocycles. The molecule has 1 aliphatic rings. The van der Waals surface area contributed by atoms with Gasteiger partial charge in [0, 0.05) is 31.1 Å². The molecule has 150 valence electrons. The number of carbonyl (C=O) groups excluding carboxylic acids is 1. The summed E-state index contributed by atoms with van der Waals surface area (Å²) in [4.78, 5) is 17.5. The molecule has 1 fully saturated rings. The Morgan fingerprint density at radius 2 is 1.86 bits per heavy atom. The van der Waals surface area contributed by atoms with E-state index in [0.29, 0.717) is 32.4 Å². The molecule has 3 aromatic rings.